The van der Waals surface area contributed by atoms with Gasteiger partial charge in [0, 0.05) is 52.0 Å². The van der Waals surface area contributed by atoms with Crippen LogP contribution in [0.4, 0.5) is 0 Å². The second-order valence-electron chi connectivity index (χ2n) is 0. The summed E-state index contributed by atoms with van der Waals surface area (Å²) in [7, 11) is 0. The van der Waals surface area contributed by atoms with Crippen LogP contribution in [0.1, 0.15) is 2.85 Å². The van der Waals surface area contributed by atoms with E-state index >= 15 is 0 Å². The molecule has 5 heavy (non-hydrogen) atoms. The van der Waals surface area contributed by atoms with Crippen molar-refractivity contribution in [1.29, 1.82) is 0 Å². The van der Waals surface area contributed by atoms with Gasteiger partial charge in [-0.15, -0.1) is 0 Å². The minimum atomic E-state index is 0. The maximum absolute atomic E-state index is 0. The Bertz CT molecular complexity index is 17.7. The molecule has 0 fully saturated rings. The van der Waals surface area contributed by atoms with Gasteiger partial charge in [-0.3, -0.25) is 0 Å². The number of rotatable bonds is 0. The van der Waals surface area contributed by atoms with Crippen molar-refractivity contribution in [3.05, 3.63) is 0 Å². The third-order valence-electron chi connectivity index (χ3n) is 0. The Hall–Kier alpha value is 3.27. The first-order chi connectivity index (χ1) is 0. The molecule has 0 spiro atoms. The molecule has 0 aromatic rings. The molecule has 0 rings (SSSR count). The van der Waals surface area contributed by atoms with Crippen molar-refractivity contribution in [3.8, 4) is 0 Å². The van der Waals surface area contributed by atoms with E-state index in [1.54, 1.807) is 0 Å². The van der Waals surface area contributed by atoms with Crippen molar-refractivity contribution < 1.29 is 54.9 Å². The smallest absolute Gasteiger partial charge is 1.00 e. The second kappa shape index (κ2) is 26.7. The molecule has 0 atom stereocenters. The molecule has 0 aliphatic carbocycles. The molecule has 0 amide bonds. The maximum Gasteiger partial charge on any atom is 2.00 e. The normalized spacial score (nSPS) is 0. The first-order valence-electron chi connectivity index (χ1n) is 0. The van der Waals surface area contributed by atoms with Crippen molar-refractivity contribution in [3.63, 3.8) is 0 Å². The molecule has 0 aliphatic rings. The standard InChI is InChI=1S/Al.Mg.Sc.H4Si.Zr.5H/h;;;1H4;;;;;;/q;+2;;;;;;;2*-1. The van der Waals surface area contributed by atoms with Crippen LogP contribution in [-0.4, -0.2) is 51.4 Å². The summed E-state index contributed by atoms with van der Waals surface area (Å²) in [5.74, 6) is 0. The Morgan fingerprint density at radius 2 is 1.20 bits per heavy atom. The van der Waals surface area contributed by atoms with Crippen LogP contribution in [0.5, 0.6) is 0 Å². The summed E-state index contributed by atoms with van der Waals surface area (Å²) >= 11 is 0. The predicted molar refractivity (Wildman–Crippen MR) is 29.3 cm³/mol. The molecule has 0 unspecified atom stereocenters. The summed E-state index contributed by atoms with van der Waals surface area (Å²) in [5.41, 5.74) is 0. The quantitative estimate of drug-likeness (QED) is 0.390. The fraction of sp³-hybridized carbons (Fsp3) is 0. The van der Waals surface area contributed by atoms with Gasteiger partial charge in [0.2, 0.25) is 0 Å². The van der Waals surface area contributed by atoms with Crippen LogP contribution in [-0.2, 0) is 52.0 Å². The van der Waals surface area contributed by atoms with Gasteiger partial charge in [0.05, 0.1) is 0 Å². The van der Waals surface area contributed by atoms with Gasteiger partial charge >= 0.3 is 23.1 Å². The van der Waals surface area contributed by atoms with Gasteiger partial charge in [0.25, 0.3) is 0 Å². The second-order valence-corrected chi connectivity index (χ2v) is 0. The van der Waals surface area contributed by atoms with E-state index in [4.69, 9.17) is 0 Å². The molecule has 0 N–H and O–H groups in total. The molecule has 1 radical (unpaired) electrons. The Morgan fingerprint density at radius 1 is 1.20 bits per heavy atom. The fourth-order valence-corrected chi connectivity index (χ4v) is 0. The number of hydrogen-bond acceptors (Lipinski definition) is 0. The van der Waals surface area contributed by atoms with Gasteiger partial charge in [-0.05, 0) is 11.0 Å². The molecule has 0 aliphatic heterocycles. The van der Waals surface area contributed by atoms with Crippen molar-refractivity contribution >= 4 is 51.4 Å². The van der Waals surface area contributed by atoms with Gasteiger partial charge < -0.3 is 2.85 Å². The first kappa shape index (κ1) is 40.9. The molecule has 0 saturated carbocycles. The van der Waals surface area contributed by atoms with Gasteiger partial charge in [0.15, 0.2) is 17.4 Å². The van der Waals surface area contributed by atoms with Gasteiger partial charge in [0.1, 0.15) is 0 Å². The van der Waals surface area contributed by atoms with E-state index in [1.807, 2.05) is 0 Å². The van der Waals surface area contributed by atoms with Crippen molar-refractivity contribution in [1.82, 2.24) is 0 Å². The molecule has 0 aromatic carbocycles. The molecule has 0 nitrogen and oxygen atoms in total. The Labute approximate surface area is 104 Å². The van der Waals surface area contributed by atoms with Gasteiger partial charge in [-0.1, -0.05) is 0 Å². The van der Waals surface area contributed by atoms with E-state index in [0.717, 1.165) is 0 Å². The van der Waals surface area contributed by atoms with Crippen molar-refractivity contribution in [2.75, 3.05) is 0 Å². The van der Waals surface area contributed by atoms with Crippen molar-refractivity contribution in [2.24, 2.45) is 0 Å². The van der Waals surface area contributed by atoms with Crippen LogP contribution in [0, 0.1) is 0 Å². The Morgan fingerprint density at radius 3 is 1.20 bits per heavy atom. The molecule has 0 saturated heterocycles. The zero-order chi connectivity index (χ0) is 0. The van der Waals surface area contributed by atoms with Crippen molar-refractivity contribution in [2.45, 2.75) is 0 Å². The molecular weight excluding hydrogens is 216 g/mol. The summed E-state index contributed by atoms with van der Waals surface area (Å²) in [6, 6.07) is 0. The van der Waals surface area contributed by atoms with E-state index in [9.17, 15) is 0 Å². The van der Waals surface area contributed by atoms with Gasteiger partial charge in [-0.25, -0.2) is 0 Å². The zero-order valence-electron chi connectivity index (χ0n) is 3.78. The first-order valence-corrected chi connectivity index (χ1v) is 0. The summed E-state index contributed by atoms with van der Waals surface area (Å²) in [4.78, 5) is 0. The molecule has 0 bridgehead atoms. The zero-order valence-corrected chi connectivity index (χ0v) is 7.46. The van der Waals surface area contributed by atoms with Crippen LogP contribution < -0.4 is 0 Å². The van der Waals surface area contributed by atoms with E-state index in [0.29, 0.717) is 0 Å². The Kier molecular flexibility index (Phi) is 219. The minimum Gasteiger partial charge on any atom is -1.00 e. The van der Waals surface area contributed by atoms with E-state index in [1.165, 1.54) is 0 Å². The predicted octanol–water partition coefficient (Wildman–Crippen LogP) is -2.80. The van der Waals surface area contributed by atoms with Crippen LogP contribution >= 0.6 is 0 Å². The monoisotopic (exact) mass is 223 g/mol. The minimum absolute atomic E-state index is 0. The molecular formula is H9AlMgScSiZr. The molecule has 25 valence electrons. The average molecular weight is 225 g/mol. The van der Waals surface area contributed by atoms with Crippen LogP contribution in [0.25, 0.3) is 0 Å². The summed E-state index contributed by atoms with van der Waals surface area (Å²) in [6.07, 6.45) is 0. The fourth-order valence-electron chi connectivity index (χ4n) is 0. The maximum atomic E-state index is 0. The van der Waals surface area contributed by atoms with Crippen LogP contribution in [0.2, 0.25) is 0 Å². The summed E-state index contributed by atoms with van der Waals surface area (Å²) in [6.45, 7) is 0. The number of hydrogen-bond donors (Lipinski definition) is 0. The SMILES string of the molecule is [AlH3].[H-].[H-].[Mg+2].[Sc].[SiH4].[Zr]. The molecule has 5 heteroatoms. The third-order valence-corrected chi connectivity index (χ3v) is 0. The van der Waals surface area contributed by atoms with E-state index < -0.39 is 0 Å². The van der Waals surface area contributed by atoms with Crippen LogP contribution in [0.15, 0.2) is 0 Å². The van der Waals surface area contributed by atoms with Crippen LogP contribution in [0.3, 0.4) is 0 Å². The average Bonchev–Trinajstić information content (AvgIpc) is 0. The van der Waals surface area contributed by atoms with Gasteiger partial charge in [-0.2, -0.15) is 0 Å². The Balaban J connectivity index is 0. The topological polar surface area (TPSA) is 0 Å². The third kappa shape index (κ3) is 18.9. The van der Waals surface area contributed by atoms with E-state index in [-0.39, 0.29) is 106 Å². The largest absolute Gasteiger partial charge is 2.00 e. The summed E-state index contributed by atoms with van der Waals surface area (Å²) < 4.78 is 0. The molecule has 0 aromatic heterocycles. The summed E-state index contributed by atoms with van der Waals surface area (Å²) in [5, 5.41) is 0. The molecule has 0 heterocycles. The van der Waals surface area contributed by atoms with E-state index in [2.05, 4.69) is 0 Å².